The van der Waals surface area contributed by atoms with Gasteiger partial charge in [-0.1, -0.05) is 15.9 Å². The van der Waals surface area contributed by atoms with Crippen LogP contribution in [0.15, 0.2) is 12.1 Å². The van der Waals surface area contributed by atoms with Crippen molar-refractivity contribution in [2.24, 2.45) is 0 Å². The van der Waals surface area contributed by atoms with Gasteiger partial charge >= 0.3 is 0 Å². The average molecular weight is 326 g/mol. The lowest BCUT2D eigenvalue weighted by Gasteiger charge is -2.15. The van der Waals surface area contributed by atoms with Crippen LogP contribution in [0.5, 0.6) is 0 Å². The molecule has 0 aliphatic rings. The van der Waals surface area contributed by atoms with Crippen molar-refractivity contribution >= 4 is 21.8 Å². The van der Waals surface area contributed by atoms with Crippen LogP contribution in [0.1, 0.15) is 10.4 Å². The summed E-state index contributed by atoms with van der Waals surface area (Å²) in [6.45, 7) is 0.182. The Labute approximate surface area is 110 Å². The van der Waals surface area contributed by atoms with Crippen LogP contribution in [0.4, 0.5) is 13.2 Å². The van der Waals surface area contributed by atoms with E-state index in [1.807, 2.05) is 0 Å². The Morgan fingerprint density at radius 3 is 2.39 bits per heavy atom. The second kappa shape index (κ2) is 6.75. The van der Waals surface area contributed by atoms with Crippen LogP contribution in [-0.4, -0.2) is 31.0 Å². The number of halogens is 4. The van der Waals surface area contributed by atoms with Crippen molar-refractivity contribution in [2.45, 2.75) is 6.04 Å². The smallest absolute Gasteiger partial charge is 0.257 e. The van der Waals surface area contributed by atoms with E-state index in [1.54, 1.807) is 0 Å². The van der Waals surface area contributed by atoms with E-state index in [-0.39, 0.29) is 6.61 Å². The molecule has 1 atom stereocenters. The number of hydrogen-bond donors (Lipinski definition) is 1. The SMILES string of the molecule is COCC(CBr)NC(=O)c1c(F)cc(F)cc1F. The molecule has 0 aromatic heterocycles. The summed E-state index contributed by atoms with van der Waals surface area (Å²) < 4.78 is 44.1. The molecule has 0 heterocycles. The maximum absolute atomic E-state index is 13.3. The molecule has 1 unspecified atom stereocenters. The monoisotopic (exact) mass is 325 g/mol. The van der Waals surface area contributed by atoms with Crippen LogP contribution in [0.2, 0.25) is 0 Å². The van der Waals surface area contributed by atoms with E-state index in [0.29, 0.717) is 17.5 Å². The molecule has 0 spiro atoms. The Morgan fingerprint density at radius 2 is 1.94 bits per heavy atom. The Hall–Kier alpha value is -1.08. The van der Waals surface area contributed by atoms with Gasteiger partial charge in [-0.25, -0.2) is 13.2 Å². The van der Waals surface area contributed by atoms with Gasteiger partial charge in [0.2, 0.25) is 0 Å². The number of rotatable bonds is 5. The van der Waals surface area contributed by atoms with Gasteiger partial charge < -0.3 is 10.1 Å². The van der Waals surface area contributed by atoms with E-state index in [2.05, 4.69) is 21.2 Å². The lowest BCUT2D eigenvalue weighted by molar-refractivity contribution is 0.0899. The third-order valence-corrected chi connectivity index (χ3v) is 2.90. The molecule has 0 aliphatic heterocycles. The molecule has 0 saturated heterocycles. The summed E-state index contributed by atoms with van der Waals surface area (Å²) in [5.74, 6) is -4.51. The van der Waals surface area contributed by atoms with Crippen LogP contribution in [-0.2, 0) is 4.74 Å². The summed E-state index contributed by atoms with van der Waals surface area (Å²) in [5.41, 5.74) is -0.807. The highest BCUT2D eigenvalue weighted by atomic mass is 79.9. The fourth-order valence-corrected chi connectivity index (χ4v) is 1.69. The number of amides is 1. The summed E-state index contributed by atoms with van der Waals surface area (Å²) in [6, 6.07) is 0.473. The van der Waals surface area contributed by atoms with Crippen LogP contribution in [0, 0.1) is 17.5 Å². The molecular weight excluding hydrogens is 315 g/mol. The highest BCUT2D eigenvalue weighted by Gasteiger charge is 2.21. The summed E-state index contributed by atoms with van der Waals surface area (Å²) in [6.07, 6.45) is 0. The van der Waals surface area contributed by atoms with Gasteiger partial charge in [-0.05, 0) is 0 Å². The third kappa shape index (κ3) is 3.71. The van der Waals surface area contributed by atoms with E-state index >= 15 is 0 Å². The van der Waals surface area contributed by atoms with Crippen molar-refractivity contribution in [1.82, 2.24) is 5.32 Å². The first-order valence-electron chi connectivity index (χ1n) is 5.00. The van der Waals surface area contributed by atoms with Crippen molar-refractivity contribution in [1.29, 1.82) is 0 Å². The number of hydrogen-bond acceptors (Lipinski definition) is 2. The van der Waals surface area contributed by atoms with Crippen LogP contribution in [0.25, 0.3) is 0 Å². The predicted molar refractivity (Wildman–Crippen MR) is 63.2 cm³/mol. The highest BCUT2D eigenvalue weighted by Crippen LogP contribution is 2.14. The zero-order chi connectivity index (χ0) is 13.7. The normalized spacial score (nSPS) is 12.3. The Balaban J connectivity index is 2.90. The van der Waals surface area contributed by atoms with Gasteiger partial charge in [0.1, 0.15) is 23.0 Å². The molecule has 1 amide bonds. The first-order chi connectivity index (χ1) is 8.49. The Bertz CT molecular complexity index is 419. The van der Waals surface area contributed by atoms with E-state index in [4.69, 9.17) is 4.74 Å². The molecule has 0 bridgehead atoms. The quantitative estimate of drug-likeness (QED) is 0.843. The first kappa shape index (κ1) is 15.0. The number of carbonyl (C=O) groups excluding carboxylic acids is 1. The molecule has 0 fully saturated rings. The van der Waals surface area contributed by atoms with Crippen molar-refractivity contribution < 1.29 is 22.7 Å². The lowest BCUT2D eigenvalue weighted by atomic mass is 10.1. The molecule has 1 aromatic rings. The van der Waals surface area contributed by atoms with Crippen LogP contribution in [0.3, 0.4) is 0 Å². The predicted octanol–water partition coefficient (Wildman–Crippen LogP) is 2.24. The number of ether oxygens (including phenoxy) is 1. The summed E-state index contributed by atoms with van der Waals surface area (Å²) in [7, 11) is 1.43. The lowest BCUT2D eigenvalue weighted by Crippen LogP contribution is -2.40. The number of nitrogens with one attached hydrogen (secondary N) is 1. The fourth-order valence-electron chi connectivity index (χ4n) is 1.34. The molecule has 1 rings (SSSR count). The molecule has 0 saturated carbocycles. The van der Waals surface area contributed by atoms with Gasteiger partial charge in [0.25, 0.3) is 5.91 Å². The molecule has 3 nitrogen and oxygen atoms in total. The zero-order valence-electron chi connectivity index (χ0n) is 9.47. The molecule has 18 heavy (non-hydrogen) atoms. The maximum atomic E-state index is 13.3. The first-order valence-corrected chi connectivity index (χ1v) is 6.12. The topological polar surface area (TPSA) is 38.3 Å². The molecule has 100 valence electrons. The largest absolute Gasteiger partial charge is 0.383 e. The van der Waals surface area contributed by atoms with Gasteiger partial charge in [0, 0.05) is 24.6 Å². The van der Waals surface area contributed by atoms with Gasteiger partial charge in [0.05, 0.1) is 12.6 Å². The van der Waals surface area contributed by atoms with Crippen LogP contribution < -0.4 is 5.32 Å². The van der Waals surface area contributed by atoms with E-state index in [0.717, 1.165) is 0 Å². The van der Waals surface area contributed by atoms with E-state index in [9.17, 15) is 18.0 Å². The third-order valence-electron chi connectivity index (χ3n) is 2.12. The minimum absolute atomic E-state index is 0.182. The summed E-state index contributed by atoms with van der Waals surface area (Å²) >= 11 is 3.12. The van der Waals surface area contributed by atoms with Crippen molar-refractivity contribution in [2.75, 3.05) is 19.0 Å². The van der Waals surface area contributed by atoms with Gasteiger partial charge in [-0.3, -0.25) is 4.79 Å². The molecule has 0 radical (unpaired) electrons. The fraction of sp³-hybridized carbons (Fsp3) is 0.364. The van der Waals surface area contributed by atoms with E-state index < -0.39 is 35.0 Å². The van der Waals surface area contributed by atoms with Gasteiger partial charge in [-0.15, -0.1) is 0 Å². The summed E-state index contributed by atoms with van der Waals surface area (Å²) in [4.78, 5) is 11.7. The molecule has 0 aliphatic carbocycles. The van der Waals surface area contributed by atoms with Crippen molar-refractivity contribution in [3.63, 3.8) is 0 Å². The minimum Gasteiger partial charge on any atom is -0.383 e. The number of benzene rings is 1. The molecule has 1 N–H and O–H groups in total. The van der Waals surface area contributed by atoms with Crippen molar-refractivity contribution in [3.05, 3.63) is 35.1 Å². The second-order valence-corrected chi connectivity index (χ2v) is 4.17. The maximum Gasteiger partial charge on any atom is 0.257 e. The minimum atomic E-state index is -1.24. The van der Waals surface area contributed by atoms with Gasteiger partial charge in [-0.2, -0.15) is 0 Å². The summed E-state index contributed by atoms with van der Waals surface area (Å²) in [5, 5.41) is 2.73. The Morgan fingerprint density at radius 1 is 1.39 bits per heavy atom. The molecule has 1 aromatic carbocycles. The standard InChI is InChI=1S/C11H11BrF3NO2/c1-18-5-7(4-12)16-11(17)10-8(14)2-6(13)3-9(10)15/h2-3,7H,4-5H2,1H3,(H,16,17). The highest BCUT2D eigenvalue weighted by molar-refractivity contribution is 9.09. The van der Waals surface area contributed by atoms with Crippen LogP contribution >= 0.6 is 15.9 Å². The number of alkyl halides is 1. The van der Waals surface area contributed by atoms with E-state index in [1.165, 1.54) is 7.11 Å². The molecular formula is C11H11BrF3NO2. The number of carbonyl (C=O) groups is 1. The van der Waals surface area contributed by atoms with Crippen molar-refractivity contribution in [3.8, 4) is 0 Å². The molecule has 7 heteroatoms. The zero-order valence-corrected chi connectivity index (χ0v) is 11.1. The average Bonchev–Trinajstić information content (AvgIpc) is 2.26. The second-order valence-electron chi connectivity index (χ2n) is 3.52. The van der Waals surface area contributed by atoms with Gasteiger partial charge in [0.15, 0.2) is 0 Å². The number of methoxy groups -OCH3 is 1. The Kier molecular flexibility index (Phi) is 5.61.